The van der Waals surface area contributed by atoms with Gasteiger partial charge in [-0.25, -0.2) is 0 Å². The van der Waals surface area contributed by atoms with Crippen LogP contribution in [0.1, 0.15) is 10.5 Å². The van der Waals surface area contributed by atoms with Crippen molar-refractivity contribution in [1.82, 2.24) is 9.88 Å². The molecule has 0 unspecified atom stereocenters. The third-order valence-corrected chi connectivity index (χ3v) is 3.31. The van der Waals surface area contributed by atoms with E-state index in [1.54, 1.807) is 11.4 Å². The maximum atomic E-state index is 12.5. The fourth-order valence-electron chi connectivity index (χ4n) is 2.23. The quantitative estimate of drug-likeness (QED) is 0.851. The Balaban J connectivity index is 2.57. The molecule has 0 atom stereocenters. The first-order chi connectivity index (χ1) is 11.3. The lowest BCUT2D eigenvalue weighted by atomic mass is 10.1. The van der Waals surface area contributed by atoms with E-state index in [0.29, 0.717) is 16.5 Å². The van der Waals surface area contributed by atoms with Crippen LogP contribution in [-0.2, 0) is 6.54 Å². The first kappa shape index (κ1) is 17.6. The zero-order valence-corrected chi connectivity index (χ0v) is 12.8. The highest BCUT2D eigenvalue weighted by atomic mass is 19.4. The summed E-state index contributed by atoms with van der Waals surface area (Å²) in [5, 5.41) is 2.49. The lowest BCUT2D eigenvalue weighted by molar-refractivity contribution is -0.123. The molecule has 2 rings (SSSR count). The number of pyridine rings is 1. The zero-order chi connectivity index (χ0) is 17.9. The van der Waals surface area contributed by atoms with Crippen LogP contribution in [0, 0.1) is 0 Å². The summed E-state index contributed by atoms with van der Waals surface area (Å²) >= 11 is 0. The second kappa shape index (κ2) is 6.77. The predicted molar refractivity (Wildman–Crippen MR) is 83.3 cm³/mol. The molecule has 0 bridgehead atoms. The molecule has 0 radical (unpaired) electrons. The molecule has 1 heterocycles. The number of hydrogen-bond acceptors (Lipinski definition) is 3. The van der Waals surface area contributed by atoms with E-state index in [2.05, 4.69) is 6.58 Å². The number of aromatic nitrogens is 1. The van der Waals surface area contributed by atoms with Crippen molar-refractivity contribution in [3.05, 3.63) is 53.0 Å². The number of nitrogens with one attached hydrogen (secondary N) is 1. The minimum atomic E-state index is -4.54. The Bertz CT molecular complexity index is 841. The average Bonchev–Trinajstić information content (AvgIpc) is 2.53. The predicted octanol–water partition coefficient (Wildman–Crippen LogP) is 2.49. The van der Waals surface area contributed by atoms with E-state index < -0.39 is 24.2 Å². The first-order valence-electron chi connectivity index (χ1n) is 6.94. The summed E-state index contributed by atoms with van der Waals surface area (Å²) in [6, 6.07) is 6.02. The van der Waals surface area contributed by atoms with E-state index in [4.69, 9.17) is 4.74 Å². The van der Waals surface area contributed by atoms with E-state index >= 15 is 0 Å². The number of benzene rings is 1. The number of halogens is 3. The molecule has 1 aromatic carbocycles. The van der Waals surface area contributed by atoms with E-state index in [1.165, 1.54) is 31.4 Å². The number of carbonyl (C=O) groups excluding carboxylic acids is 1. The highest BCUT2D eigenvalue weighted by Crippen LogP contribution is 2.20. The minimum absolute atomic E-state index is 0.00439. The van der Waals surface area contributed by atoms with Gasteiger partial charge in [-0.3, -0.25) is 14.2 Å². The lowest BCUT2D eigenvalue weighted by Crippen LogP contribution is -2.37. The van der Waals surface area contributed by atoms with Crippen molar-refractivity contribution in [2.75, 3.05) is 13.7 Å². The summed E-state index contributed by atoms with van der Waals surface area (Å²) in [4.78, 5) is 24.6. The van der Waals surface area contributed by atoms with Gasteiger partial charge < -0.3 is 10.1 Å². The number of hydrogen-bond donors (Lipinski definition) is 1. The van der Waals surface area contributed by atoms with Crippen LogP contribution in [0.2, 0.25) is 0 Å². The second-order valence-corrected chi connectivity index (χ2v) is 4.99. The lowest BCUT2D eigenvalue weighted by Gasteiger charge is -2.14. The van der Waals surface area contributed by atoms with Crippen LogP contribution in [-0.4, -0.2) is 30.3 Å². The Morgan fingerprint density at radius 1 is 1.38 bits per heavy atom. The molecule has 0 aliphatic rings. The average molecular weight is 340 g/mol. The first-order valence-corrected chi connectivity index (χ1v) is 6.94. The van der Waals surface area contributed by atoms with Gasteiger partial charge in [0.2, 0.25) is 0 Å². The highest BCUT2D eigenvalue weighted by molar-refractivity contribution is 5.97. The maximum Gasteiger partial charge on any atom is 0.405 e. The van der Waals surface area contributed by atoms with Crippen molar-refractivity contribution in [3.63, 3.8) is 0 Å². The van der Waals surface area contributed by atoms with E-state index in [0.717, 1.165) is 4.57 Å². The molecule has 1 amide bonds. The van der Waals surface area contributed by atoms with E-state index in [9.17, 15) is 22.8 Å². The fraction of sp³-hybridized carbons (Fsp3) is 0.250. The van der Waals surface area contributed by atoms with Gasteiger partial charge in [0, 0.05) is 11.9 Å². The Kier molecular flexibility index (Phi) is 4.96. The van der Waals surface area contributed by atoms with E-state index in [-0.39, 0.29) is 12.2 Å². The van der Waals surface area contributed by atoms with Gasteiger partial charge in [-0.1, -0.05) is 6.08 Å². The number of alkyl halides is 3. The van der Waals surface area contributed by atoms with Crippen LogP contribution in [0.25, 0.3) is 10.8 Å². The topological polar surface area (TPSA) is 60.3 Å². The molecule has 2 aromatic rings. The van der Waals surface area contributed by atoms with Crippen LogP contribution >= 0.6 is 0 Å². The maximum absolute atomic E-state index is 12.5. The molecule has 0 saturated carbocycles. The van der Waals surface area contributed by atoms with Crippen molar-refractivity contribution in [3.8, 4) is 5.75 Å². The van der Waals surface area contributed by atoms with Gasteiger partial charge in [-0.05, 0) is 29.7 Å². The number of allylic oxidation sites excluding steroid dienone is 1. The molecule has 0 fully saturated rings. The van der Waals surface area contributed by atoms with Gasteiger partial charge in [-0.15, -0.1) is 6.58 Å². The molecule has 0 spiro atoms. The number of fused-ring (bicyclic) bond motifs is 1. The number of carbonyl (C=O) groups is 1. The number of methoxy groups -OCH3 is 1. The molecule has 128 valence electrons. The molecule has 0 aliphatic heterocycles. The highest BCUT2D eigenvalue weighted by Gasteiger charge is 2.28. The number of rotatable bonds is 5. The molecule has 0 saturated heterocycles. The van der Waals surface area contributed by atoms with Crippen molar-refractivity contribution in [2.45, 2.75) is 12.7 Å². The molecule has 5 nitrogen and oxygen atoms in total. The summed E-state index contributed by atoms with van der Waals surface area (Å²) in [7, 11) is 1.44. The molecule has 0 aliphatic carbocycles. The number of ether oxygens (including phenoxy) is 1. The van der Waals surface area contributed by atoms with Gasteiger partial charge in [0.1, 0.15) is 18.0 Å². The second-order valence-electron chi connectivity index (χ2n) is 4.99. The van der Waals surface area contributed by atoms with Crippen molar-refractivity contribution in [1.29, 1.82) is 0 Å². The van der Waals surface area contributed by atoms with Crippen LogP contribution in [0.3, 0.4) is 0 Å². The normalized spacial score (nSPS) is 11.3. The van der Waals surface area contributed by atoms with Crippen molar-refractivity contribution < 1.29 is 22.7 Å². The number of nitrogens with zero attached hydrogens (tertiary/aromatic N) is 1. The molecular formula is C16H15F3N2O3. The third-order valence-electron chi connectivity index (χ3n) is 3.31. The smallest absolute Gasteiger partial charge is 0.405 e. The molecular weight excluding hydrogens is 325 g/mol. The summed E-state index contributed by atoms with van der Waals surface area (Å²) in [5.74, 6) is -0.527. The Hall–Kier alpha value is -2.77. The Labute approximate surface area is 135 Å². The van der Waals surface area contributed by atoms with Crippen LogP contribution in [0.15, 0.2) is 41.7 Å². The third kappa shape index (κ3) is 3.76. The molecule has 8 heteroatoms. The summed E-state index contributed by atoms with van der Waals surface area (Å²) in [5.41, 5.74) is -0.669. The monoisotopic (exact) mass is 340 g/mol. The van der Waals surface area contributed by atoms with Crippen molar-refractivity contribution >= 4 is 16.7 Å². The Morgan fingerprint density at radius 3 is 2.67 bits per heavy atom. The van der Waals surface area contributed by atoms with Gasteiger partial charge in [0.15, 0.2) is 0 Å². The van der Waals surface area contributed by atoms with Crippen LogP contribution in [0.4, 0.5) is 13.2 Å². The van der Waals surface area contributed by atoms with Crippen LogP contribution in [0.5, 0.6) is 5.75 Å². The summed E-state index contributed by atoms with van der Waals surface area (Å²) < 4.78 is 43.0. The summed E-state index contributed by atoms with van der Waals surface area (Å²) in [6.07, 6.45) is -3.16. The van der Waals surface area contributed by atoms with Crippen LogP contribution < -0.4 is 15.6 Å². The largest absolute Gasteiger partial charge is 0.497 e. The minimum Gasteiger partial charge on any atom is -0.497 e. The standard InChI is InChI=1S/C16H15F3N2O3/c1-3-6-21-13(14(22)20-9-16(17,18)19)8-10-7-11(24-2)4-5-12(10)15(21)23/h3-5,7-8H,1,6,9H2,2H3,(H,20,22). The van der Waals surface area contributed by atoms with Gasteiger partial charge >= 0.3 is 6.18 Å². The molecule has 1 N–H and O–H groups in total. The SMILES string of the molecule is C=CCn1c(C(=O)NCC(F)(F)F)cc2cc(OC)ccc2c1=O. The number of amides is 1. The van der Waals surface area contributed by atoms with E-state index in [1.807, 2.05) is 0 Å². The van der Waals surface area contributed by atoms with Gasteiger partial charge in [0.05, 0.1) is 7.11 Å². The zero-order valence-electron chi connectivity index (χ0n) is 12.8. The summed E-state index contributed by atoms with van der Waals surface area (Å²) in [6.45, 7) is 2.01. The van der Waals surface area contributed by atoms with Gasteiger partial charge in [-0.2, -0.15) is 13.2 Å². The fourth-order valence-corrected chi connectivity index (χ4v) is 2.23. The van der Waals surface area contributed by atoms with Crippen molar-refractivity contribution in [2.24, 2.45) is 0 Å². The molecule has 1 aromatic heterocycles. The molecule has 24 heavy (non-hydrogen) atoms. The Morgan fingerprint density at radius 2 is 2.08 bits per heavy atom. The van der Waals surface area contributed by atoms with Gasteiger partial charge in [0.25, 0.3) is 11.5 Å².